The zero-order valence-corrected chi connectivity index (χ0v) is 14.4. The Hall–Kier alpha value is -3.42. The monoisotopic (exact) mass is 352 g/mol. The number of H-pyrrole nitrogens is 2. The summed E-state index contributed by atoms with van der Waals surface area (Å²) in [6, 6.07) is 11.7. The lowest BCUT2D eigenvalue weighted by molar-refractivity contribution is 0.262. The predicted molar refractivity (Wildman–Crippen MR) is 100 cm³/mol. The summed E-state index contributed by atoms with van der Waals surface area (Å²) in [6.45, 7) is 2.12. The van der Waals surface area contributed by atoms with Crippen molar-refractivity contribution in [2.75, 3.05) is 10.6 Å². The molecule has 0 aliphatic heterocycles. The number of aromatic amines is 2. The third kappa shape index (κ3) is 4.56. The Balaban J connectivity index is 1.64. The van der Waals surface area contributed by atoms with Gasteiger partial charge in [0.25, 0.3) is 5.56 Å². The Morgan fingerprint density at radius 2 is 1.96 bits per heavy atom. The summed E-state index contributed by atoms with van der Waals surface area (Å²) < 4.78 is 0. The van der Waals surface area contributed by atoms with E-state index in [2.05, 4.69) is 38.0 Å². The maximum atomic E-state index is 12.2. The minimum Gasteiger partial charge on any atom is -0.308 e. The zero-order valence-electron chi connectivity index (χ0n) is 14.4. The molecule has 0 saturated heterocycles. The van der Waals surface area contributed by atoms with Crippen LogP contribution >= 0.6 is 0 Å². The van der Waals surface area contributed by atoms with Crippen LogP contribution in [0.5, 0.6) is 0 Å². The summed E-state index contributed by atoms with van der Waals surface area (Å²) in [5.74, 6) is 0.479. The normalized spacial score (nSPS) is 10.5. The molecule has 2 amide bonds. The van der Waals surface area contributed by atoms with Gasteiger partial charge in [-0.15, -0.1) is 0 Å². The van der Waals surface area contributed by atoms with Gasteiger partial charge in [0.15, 0.2) is 5.82 Å². The molecule has 26 heavy (non-hydrogen) atoms. The molecule has 3 rings (SSSR count). The van der Waals surface area contributed by atoms with Crippen LogP contribution in [-0.4, -0.2) is 26.4 Å². The number of hydrogen-bond acceptors (Lipinski definition) is 4. The number of benzene rings is 1. The van der Waals surface area contributed by atoms with Crippen LogP contribution in [0.25, 0.3) is 11.3 Å². The number of hydrogen-bond donors (Lipinski definition) is 4. The highest BCUT2D eigenvalue weighted by Gasteiger charge is 2.07. The van der Waals surface area contributed by atoms with E-state index in [-0.39, 0.29) is 11.6 Å². The first-order valence-corrected chi connectivity index (χ1v) is 8.42. The fourth-order valence-electron chi connectivity index (χ4n) is 2.46. The van der Waals surface area contributed by atoms with Crippen molar-refractivity contribution in [3.8, 4) is 11.3 Å². The van der Waals surface area contributed by atoms with E-state index in [0.717, 1.165) is 30.5 Å². The molecule has 8 nitrogen and oxygen atoms in total. The standard InChI is InChI=1S/C18H20N6O2/c1-2-3-6-14-11-16(23-21-14)20-18(26)19-13-7-4-5-12(10-13)15-8-9-17(25)24-22-15/h4-5,7-11H,2-3,6H2,1H3,(H,24,25)(H3,19,20,21,23,26). The molecule has 0 bridgehead atoms. The molecule has 2 heterocycles. The molecule has 0 atom stereocenters. The average Bonchev–Trinajstić information content (AvgIpc) is 3.08. The van der Waals surface area contributed by atoms with Crippen LogP contribution in [0.1, 0.15) is 25.5 Å². The number of anilines is 2. The van der Waals surface area contributed by atoms with Gasteiger partial charge in [0.2, 0.25) is 0 Å². The van der Waals surface area contributed by atoms with E-state index in [4.69, 9.17) is 0 Å². The molecule has 0 radical (unpaired) electrons. The van der Waals surface area contributed by atoms with Gasteiger partial charge in [0.05, 0.1) is 5.69 Å². The van der Waals surface area contributed by atoms with Crippen LogP contribution in [0.2, 0.25) is 0 Å². The maximum absolute atomic E-state index is 12.2. The van der Waals surface area contributed by atoms with Gasteiger partial charge in [-0.25, -0.2) is 9.89 Å². The van der Waals surface area contributed by atoms with Crippen LogP contribution in [0.15, 0.2) is 47.3 Å². The van der Waals surface area contributed by atoms with E-state index in [0.29, 0.717) is 17.2 Å². The Kier molecular flexibility index (Phi) is 5.43. The number of aryl methyl sites for hydroxylation is 1. The minimum absolute atomic E-state index is 0.264. The molecule has 3 aromatic rings. The maximum Gasteiger partial charge on any atom is 0.324 e. The Morgan fingerprint density at radius 1 is 1.08 bits per heavy atom. The van der Waals surface area contributed by atoms with Crippen molar-refractivity contribution in [3.05, 3.63) is 58.5 Å². The summed E-state index contributed by atoms with van der Waals surface area (Å²) in [5.41, 5.74) is 2.73. The van der Waals surface area contributed by atoms with E-state index < -0.39 is 0 Å². The number of urea groups is 1. The summed E-state index contributed by atoms with van der Waals surface area (Å²) in [6.07, 6.45) is 3.07. The van der Waals surface area contributed by atoms with Gasteiger partial charge in [-0.05, 0) is 31.0 Å². The number of unbranched alkanes of at least 4 members (excludes halogenated alkanes) is 1. The smallest absolute Gasteiger partial charge is 0.308 e. The molecule has 0 aliphatic carbocycles. The van der Waals surface area contributed by atoms with E-state index >= 15 is 0 Å². The van der Waals surface area contributed by atoms with Crippen molar-refractivity contribution < 1.29 is 4.79 Å². The number of nitrogens with zero attached hydrogens (tertiary/aromatic N) is 2. The van der Waals surface area contributed by atoms with Crippen molar-refractivity contribution in [1.82, 2.24) is 20.4 Å². The summed E-state index contributed by atoms with van der Waals surface area (Å²) >= 11 is 0. The SMILES string of the molecule is CCCCc1cc(NC(=O)Nc2cccc(-c3ccc(=O)[nH]n3)c2)n[nH]1. The number of amides is 2. The van der Waals surface area contributed by atoms with Crippen molar-refractivity contribution in [3.63, 3.8) is 0 Å². The molecular weight excluding hydrogens is 332 g/mol. The summed E-state index contributed by atoms with van der Waals surface area (Å²) in [7, 11) is 0. The highest BCUT2D eigenvalue weighted by Crippen LogP contribution is 2.20. The largest absolute Gasteiger partial charge is 0.324 e. The van der Waals surface area contributed by atoms with E-state index in [1.807, 2.05) is 12.1 Å². The van der Waals surface area contributed by atoms with Crippen LogP contribution < -0.4 is 16.2 Å². The first kappa shape index (κ1) is 17.4. The van der Waals surface area contributed by atoms with E-state index in [1.54, 1.807) is 24.3 Å². The van der Waals surface area contributed by atoms with Crippen LogP contribution in [0.3, 0.4) is 0 Å². The Morgan fingerprint density at radius 3 is 2.73 bits per heavy atom. The van der Waals surface area contributed by atoms with Crippen molar-refractivity contribution in [1.29, 1.82) is 0 Å². The molecule has 0 spiro atoms. The van der Waals surface area contributed by atoms with Gasteiger partial charge in [-0.3, -0.25) is 15.2 Å². The first-order chi connectivity index (χ1) is 12.6. The molecule has 134 valence electrons. The molecule has 0 fully saturated rings. The third-order valence-corrected chi connectivity index (χ3v) is 3.77. The molecular formula is C18H20N6O2. The van der Waals surface area contributed by atoms with E-state index in [1.165, 1.54) is 6.07 Å². The van der Waals surface area contributed by atoms with Gasteiger partial charge in [0.1, 0.15) is 0 Å². The quantitative estimate of drug-likeness (QED) is 0.545. The zero-order chi connectivity index (χ0) is 18.4. The van der Waals surface area contributed by atoms with Gasteiger partial charge >= 0.3 is 6.03 Å². The number of nitrogens with one attached hydrogen (secondary N) is 4. The fourth-order valence-corrected chi connectivity index (χ4v) is 2.46. The van der Waals surface area contributed by atoms with Crippen molar-refractivity contribution in [2.45, 2.75) is 26.2 Å². The topological polar surface area (TPSA) is 116 Å². The van der Waals surface area contributed by atoms with Crippen LogP contribution in [-0.2, 0) is 6.42 Å². The van der Waals surface area contributed by atoms with Crippen LogP contribution in [0, 0.1) is 0 Å². The number of carbonyl (C=O) groups is 1. The molecule has 0 unspecified atom stereocenters. The Bertz CT molecular complexity index is 926. The van der Waals surface area contributed by atoms with E-state index in [9.17, 15) is 9.59 Å². The summed E-state index contributed by atoms with van der Waals surface area (Å²) in [4.78, 5) is 23.3. The second-order valence-electron chi connectivity index (χ2n) is 5.85. The second kappa shape index (κ2) is 8.11. The third-order valence-electron chi connectivity index (χ3n) is 3.77. The highest BCUT2D eigenvalue weighted by atomic mass is 16.2. The second-order valence-corrected chi connectivity index (χ2v) is 5.85. The highest BCUT2D eigenvalue weighted by molar-refractivity contribution is 5.99. The molecule has 0 aliphatic rings. The Labute approximate surface area is 150 Å². The van der Waals surface area contributed by atoms with Gasteiger partial charge in [-0.2, -0.15) is 10.2 Å². The minimum atomic E-state index is -0.384. The molecule has 4 N–H and O–H groups in total. The number of aromatic nitrogens is 4. The number of carbonyl (C=O) groups excluding carboxylic acids is 1. The predicted octanol–water partition coefficient (Wildman–Crippen LogP) is 3.15. The lowest BCUT2D eigenvalue weighted by atomic mass is 10.1. The molecule has 8 heteroatoms. The van der Waals surface area contributed by atoms with Gasteiger partial charge in [-0.1, -0.05) is 25.5 Å². The fraction of sp³-hybridized carbons (Fsp3) is 0.222. The number of rotatable bonds is 6. The molecule has 1 aromatic carbocycles. The molecule has 0 saturated carbocycles. The average molecular weight is 352 g/mol. The lowest BCUT2D eigenvalue weighted by Gasteiger charge is -2.07. The van der Waals surface area contributed by atoms with Gasteiger partial charge in [0, 0.05) is 29.1 Å². The lowest BCUT2D eigenvalue weighted by Crippen LogP contribution is -2.19. The van der Waals surface area contributed by atoms with Crippen molar-refractivity contribution >= 4 is 17.5 Å². The molecule has 2 aromatic heterocycles. The van der Waals surface area contributed by atoms with Crippen molar-refractivity contribution in [2.24, 2.45) is 0 Å². The van der Waals surface area contributed by atoms with Gasteiger partial charge < -0.3 is 5.32 Å². The first-order valence-electron chi connectivity index (χ1n) is 8.42. The summed E-state index contributed by atoms with van der Waals surface area (Å²) in [5, 5.41) is 18.8. The van der Waals surface area contributed by atoms with Crippen LogP contribution in [0.4, 0.5) is 16.3 Å².